The highest BCUT2D eigenvalue weighted by atomic mass is 16.6. The van der Waals surface area contributed by atoms with Gasteiger partial charge in [0.15, 0.2) is 0 Å². The van der Waals surface area contributed by atoms with E-state index in [-0.39, 0.29) is 29.9 Å². The van der Waals surface area contributed by atoms with Crippen molar-refractivity contribution in [2.45, 2.75) is 13.8 Å². The summed E-state index contributed by atoms with van der Waals surface area (Å²) >= 11 is 0. The first-order chi connectivity index (χ1) is 11.2. The van der Waals surface area contributed by atoms with Crippen LogP contribution in [0.25, 0.3) is 0 Å². The minimum Gasteiger partial charge on any atom is -0.462 e. The molecule has 0 saturated carbocycles. The molecule has 1 aromatic rings. The number of esters is 4. The van der Waals surface area contributed by atoms with E-state index in [2.05, 4.69) is 11.3 Å². The Hall–Kier alpha value is -2.96. The Morgan fingerprint density at radius 1 is 1.12 bits per heavy atom. The Labute approximate surface area is 138 Å². The number of rotatable bonds is 6. The monoisotopic (exact) mass is 332 g/mol. The van der Waals surface area contributed by atoms with E-state index >= 15 is 0 Å². The molecular formula is C17H16O7. The predicted molar refractivity (Wildman–Crippen MR) is 81.4 cm³/mol. The van der Waals surface area contributed by atoms with Crippen LogP contribution in [-0.2, 0) is 19.0 Å². The summed E-state index contributed by atoms with van der Waals surface area (Å²) in [6.45, 7) is 6.86. The number of hydrogen-bond donors (Lipinski definition) is 0. The number of fused-ring (bicyclic) bond motifs is 1. The van der Waals surface area contributed by atoms with Crippen molar-refractivity contribution < 1.29 is 33.4 Å². The molecule has 0 unspecified atom stereocenters. The summed E-state index contributed by atoms with van der Waals surface area (Å²) in [5.41, 5.74) is -0.318. The van der Waals surface area contributed by atoms with Crippen LogP contribution >= 0.6 is 0 Å². The summed E-state index contributed by atoms with van der Waals surface area (Å²) in [6, 6.07) is 3.98. The molecule has 126 valence electrons. The van der Waals surface area contributed by atoms with E-state index in [1.54, 1.807) is 13.8 Å². The van der Waals surface area contributed by atoms with Crippen molar-refractivity contribution in [3.05, 3.63) is 47.5 Å². The molecule has 1 aromatic carbocycles. The molecule has 0 N–H and O–H groups in total. The fourth-order valence-electron chi connectivity index (χ4n) is 1.92. The van der Waals surface area contributed by atoms with E-state index in [0.29, 0.717) is 0 Å². The number of carbonyl (C=O) groups excluding carboxylic acids is 4. The zero-order valence-electron chi connectivity index (χ0n) is 13.3. The molecule has 0 radical (unpaired) electrons. The van der Waals surface area contributed by atoms with Crippen molar-refractivity contribution in [1.29, 1.82) is 0 Å². The van der Waals surface area contributed by atoms with Gasteiger partial charge in [-0.15, -0.1) is 0 Å². The maximum absolute atomic E-state index is 12.1. The fourth-order valence-corrected chi connectivity index (χ4v) is 1.92. The average Bonchev–Trinajstić information content (AvgIpc) is 2.84. The number of hydrogen-bond acceptors (Lipinski definition) is 7. The summed E-state index contributed by atoms with van der Waals surface area (Å²) in [4.78, 5) is 46.0. The summed E-state index contributed by atoms with van der Waals surface area (Å²) in [5, 5.41) is 0. The Morgan fingerprint density at radius 2 is 1.75 bits per heavy atom. The zero-order valence-corrected chi connectivity index (χ0v) is 13.3. The van der Waals surface area contributed by atoms with Crippen molar-refractivity contribution in [3.8, 4) is 0 Å². The number of benzene rings is 1. The van der Waals surface area contributed by atoms with Crippen LogP contribution in [0, 0.1) is 5.41 Å². The average molecular weight is 332 g/mol. The van der Waals surface area contributed by atoms with E-state index in [0.717, 1.165) is 6.08 Å². The predicted octanol–water partition coefficient (Wildman–Crippen LogP) is 1.91. The SMILES string of the molecule is C=CC(=O)OCC(C)(C)COC(=O)c1ccc2c(c1)C(=O)OC2=O. The molecule has 0 bridgehead atoms. The molecule has 1 aliphatic heterocycles. The van der Waals surface area contributed by atoms with Crippen molar-refractivity contribution in [3.63, 3.8) is 0 Å². The van der Waals surface area contributed by atoms with Gasteiger partial charge in [-0.05, 0) is 18.2 Å². The molecular weight excluding hydrogens is 316 g/mol. The molecule has 0 amide bonds. The van der Waals surface area contributed by atoms with Crippen LogP contribution in [0.5, 0.6) is 0 Å². The number of carbonyl (C=O) groups is 4. The molecule has 0 fully saturated rings. The zero-order chi connectivity index (χ0) is 17.9. The molecule has 0 saturated heterocycles. The smallest absolute Gasteiger partial charge is 0.346 e. The van der Waals surface area contributed by atoms with Crippen molar-refractivity contribution in [2.24, 2.45) is 5.41 Å². The minimum absolute atomic E-state index is 0.00326. The normalized spacial score (nSPS) is 13.1. The van der Waals surface area contributed by atoms with Gasteiger partial charge in [-0.3, -0.25) is 0 Å². The van der Waals surface area contributed by atoms with Gasteiger partial charge in [0, 0.05) is 11.5 Å². The molecule has 0 aliphatic carbocycles. The van der Waals surface area contributed by atoms with Gasteiger partial charge in [0.05, 0.1) is 29.9 Å². The van der Waals surface area contributed by atoms with E-state index in [4.69, 9.17) is 9.47 Å². The summed E-state index contributed by atoms with van der Waals surface area (Å²) < 4.78 is 14.6. The maximum atomic E-state index is 12.1. The highest BCUT2D eigenvalue weighted by molar-refractivity contribution is 6.15. The second kappa shape index (κ2) is 6.66. The summed E-state index contributed by atoms with van der Waals surface area (Å²) in [7, 11) is 0. The molecule has 1 aliphatic rings. The van der Waals surface area contributed by atoms with Crippen molar-refractivity contribution in [2.75, 3.05) is 13.2 Å². The highest BCUT2D eigenvalue weighted by Crippen LogP contribution is 2.22. The van der Waals surface area contributed by atoms with Gasteiger partial charge in [-0.1, -0.05) is 20.4 Å². The highest BCUT2D eigenvalue weighted by Gasteiger charge is 2.31. The Bertz CT molecular complexity index is 730. The third kappa shape index (κ3) is 3.87. The van der Waals surface area contributed by atoms with Gasteiger partial charge in [-0.25, -0.2) is 19.2 Å². The van der Waals surface area contributed by atoms with E-state index < -0.39 is 29.3 Å². The summed E-state index contributed by atoms with van der Waals surface area (Å²) in [5.74, 6) is -2.74. The van der Waals surface area contributed by atoms with Gasteiger partial charge in [-0.2, -0.15) is 0 Å². The van der Waals surface area contributed by atoms with Crippen molar-refractivity contribution in [1.82, 2.24) is 0 Å². The largest absolute Gasteiger partial charge is 0.462 e. The first-order valence-electron chi connectivity index (χ1n) is 7.10. The second-order valence-corrected chi connectivity index (χ2v) is 5.99. The molecule has 1 heterocycles. The molecule has 0 atom stereocenters. The fraction of sp³-hybridized carbons (Fsp3) is 0.294. The van der Waals surface area contributed by atoms with Gasteiger partial charge >= 0.3 is 23.9 Å². The van der Waals surface area contributed by atoms with E-state index in [1.165, 1.54) is 18.2 Å². The lowest BCUT2D eigenvalue weighted by atomic mass is 9.96. The topological polar surface area (TPSA) is 96.0 Å². The summed E-state index contributed by atoms with van der Waals surface area (Å²) in [6.07, 6.45) is 1.05. The van der Waals surface area contributed by atoms with Crippen LogP contribution in [0.3, 0.4) is 0 Å². The lowest BCUT2D eigenvalue weighted by molar-refractivity contribution is -0.141. The first-order valence-corrected chi connectivity index (χ1v) is 7.10. The molecule has 2 rings (SSSR count). The van der Waals surface area contributed by atoms with Gasteiger partial charge < -0.3 is 14.2 Å². The second-order valence-electron chi connectivity index (χ2n) is 5.99. The lowest BCUT2D eigenvalue weighted by Gasteiger charge is -2.23. The van der Waals surface area contributed by atoms with Crippen LogP contribution in [0.4, 0.5) is 0 Å². The minimum atomic E-state index is -0.790. The lowest BCUT2D eigenvalue weighted by Crippen LogP contribution is -2.28. The molecule has 24 heavy (non-hydrogen) atoms. The standard InChI is InChI=1S/C17H16O7/c1-4-13(18)22-8-17(2,3)9-23-14(19)10-5-6-11-12(7-10)16(21)24-15(11)20/h4-7H,1,8-9H2,2-3H3. The van der Waals surface area contributed by atoms with E-state index in [1.807, 2.05) is 0 Å². The number of ether oxygens (including phenoxy) is 3. The van der Waals surface area contributed by atoms with Crippen LogP contribution in [0.15, 0.2) is 30.9 Å². The van der Waals surface area contributed by atoms with Gasteiger partial charge in [0.25, 0.3) is 0 Å². The third-order valence-corrected chi connectivity index (χ3v) is 3.25. The molecule has 0 aromatic heterocycles. The maximum Gasteiger partial charge on any atom is 0.346 e. The van der Waals surface area contributed by atoms with Crippen LogP contribution in [0.1, 0.15) is 44.9 Å². The Kier molecular flexibility index (Phi) is 4.82. The Morgan fingerprint density at radius 3 is 2.42 bits per heavy atom. The van der Waals surface area contributed by atoms with Gasteiger partial charge in [0.1, 0.15) is 0 Å². The van der Waals surface area contributed by atoms with E-state index in [9.17, 15) is 19.2 Å². The molecule has 0 spiro atoms. The third-order valence-electron chi connectivity index (χ3n) is 3.25. The van der Waals surface area contributed by atoms with Crippen LogP contribution in [-0.4, -0.2) is 37.1 Å². The van der Waals surface area contributed by atoms with Gasteiger partial charge in [0.2, 0.25) is 0 Å². The van der Waals surface area contributed by atoms with Crippen LogP contribution < -0.4 is 0 Å². The van der Waals surface area contributed by atoms with Crippen molar-refractivity contribution >= 4 is 23.9 Å². The van der Waals surface area contributed by atoms with Crippen LogP contribution in [0.2, 0.25) is 0 Å². The first kappa shape index (κ1) is 17.4. The number of cyclic esters (lactones) is 2. The molecule has 7 nitrogen and oxygen atoms in total. The quantitative estimate of drug-likeness (QED) is 0.340. The Balaban J connectivity index is 1.99. The molecule has 7 heteroatoms.